The van der Waals surface area contributed by atoms with Crippen molar-refractivity contribution in [2.75, 3.05) is 13.1 Å². The van der Waals surface area contributed by atoms with Crippen LogP contribution in [0.15, 0.2) is 30.3 Å². The lowest BCUT2D eigenvalue weighted by Crippen LogP contribution is -2.61. The minimum absolute atomic E-state index is 0.00415. The molecule has 1 aromatic rings. The predicted molar refractivity (Wildman–Crippen MR) is 101 cm³/mol. The lowest BCUT2D eigenvalue weighted by Gasteiger charge is -2.50. The van der Waals surface area contributed by atoms with Crippen molar-refractivity contribution in [1.82, 2.24) is 15.1 Å². The molecule has 0 aliphatic carbocycles. The number of amides is 3. The number of hydrogen-bond acceptors (Lipinski definition) is 2. The highest BCUT2D eigenvalue weighted by atomic mass is 16.2. The van der Waals surface area contributed by atoms with Gasteiger partial charge in [-0.15, -0.1) is 0 Å². The third-order valence-corrected chi connectivity index (χ3v) is 6.19. The molecule has 0 radical (unpaired) electrons. The molecule has 26 heavy (non-hydrogen) atoms. The number of nitrogens with one attached hydrogen (secondary N) is 1. The highest BCUT2D eigenvalue weighted by molar-refractivity contribution is 5.94. The summed E-state index contributed by atoms with van der Waals surface area (Å²) in [5.41, 5.74) is 0.712. The Kier molecular flexibility index (Phi) is 5.14. The van der Waals surface area contributed by atoms with E-state index >= 15 is 0 Å². The summed E-state index contributed by atoms with van der Waals surface area (Å²) >= 11 is 0. The third-order valence-electron chi connectivity index (χ3n) is 6.19. The predicted octanol–water partition coefficient (Wildman–Crippen LogP) is 3.41. The molecule has 3 aliphatic heterocycles. The van der Waals surface area contributed by atoms with Gasteiger partial charge in [-0.1, -0.05) is 18.2 Å². The van der Waals surface area contributed by atoms with Crippen molar-refractivity contribution >= 4 is 11.9 Å². The van der Waals surface area contributed by atoms with Gasteiger partial charge < -0.3 is 15.1 Å². The van der Waals surface area contributed by atoms with Crippen molar-refractivity contribution in [3.8, 4) is 0 Å². The minimum Gasteiger partial charge on any atom is -0.349 e. The van der Waals surface area contributed by atoms with E-state index in [-0.39, 0.29) is 30.1 Å². The minimum atomic E-state index is 0.00415. The van der Waals surface area contributed by atoms with E-state index in [0.717, 1.165) is 51.6 Å². The van der Waals surface area contributed by atoms with E-state index in [1.165, 1.54) is 12.8 Å². The number of likely N-dealkylation sites (tertiary alicyclic amines) is 1. The normalized spacial score (nSPS) is 28.5. The van der Waals surface area contributed by atoms with Gasteiger partial charge in [-0.2, -0.15) is 0 Å². The average Bonchev–Trinajstić information content (AvgIpc) is 2.68. The molecule has 0 aromatic heterocycles. The Bertz CT molecular complexity index is 628. The molecule has 3 heterocycles. The molecule has 5 nitrogen and oxygen atoms in total. The summed E-state index contributed by atoms with van der Waals surface area (Å²) in [7, 11) is 0. The summed E-state index contributed by atoms with van der Waals surface area (Å²) in [6.07, 6.45) is 8.59. The first-order valence-electron chi connectivity index (χ1n) is 10.2. The van der Waals surface area contributed by atoms with E-state index in [0.29, 0.717) is 5.56 Å². The van der Waals surface area contributed by atoms with Gasteiger partial charge in [-0.3, -0.25) is 4.79 Å². The van der Waals surface area contributed by atoms with Crippen molar-refractivity contribution in [2.24, 2.45) is 0 Å². The Morgan fingerprint density at radius 1 is 0.885 bits per heavy atom. The summed E-state index contributed by atoms with van der Waals surface area (Å²) in [6.45, 7) is 1.81. The summed E-state index contributed by atoms with van der Waals surface area (Å²) in [4.78, 5) is 29.8. The van der Waals surface area contributed by atoms with Crippen LogP contribution in [0, 0.1) is 0 Å². The van der Waals surface area contributed by atoms with Crippen molar-refractivity contribution in [3.63, 3.8) is 0 Å². The molecule has 3 aliphatic rings. The fraction of sp³-hybridized carbons (Fsp3) is 0.619. The van der Waals surface area contributed by atoms with Crippen LogP contribution in [0.25, 0.3) is 0 Å². The quantitative estimate of drug-likeness (QED) is 0.884. The van der Waals surface area contributed by atoms with Crippen LogP contribution in [0.3, 0.4) is 0 Å². The van der Waals surface area contributed by atoms with Crippen LogP contribution >= 0.6 is 0 Å². The Morgan fingerprint density at radius 3 is 2.19 bits per heavy atom. The monoisotopic (exact) mass is 355 g/mol. The molecular weight excluding hydrogens is 326 g/mol. The van der Waals surface area contributed by atoms with Gasteiger partial charge in [0.1, 0.15) is 0 Å². The number of rotatable bonds is 2. The number of carbonyl (C=O) groups excluding carboxylic acids is 2. The number of piperidine rings is 3. The maximum atomic E-state index is 13.1. The maximum Gasteiger partial charge on any atom is 0.320 e. The Hall–Kier alpha value is -2.04. The number of carbonyl (C=O) groups is 2. The standard InChI is InChI=1S/C21H29N3O2/c25-20(16-8-3-1-4-9-16)22-17-14-18-10-7-11-19(15-17)24(18)21(26)23-12-5-2-6-13-23/h1,3-4,8-9,17-19H,2,5-7,10-15H2,(H,22,25)/t18-,19-/m1/s1. The second-order valence-electron chi connectivity index (χ2n) is 7.98. The summed E-state index contributed by atoms with van der Waals surface area (Å²) in [5, 5.41) is 3.21. The van der Waals surface area contributed by atoms with Crippen molar-refractivity contribution in [3.05, 3.63) is 35.9 Å². The largest absolute Gasteiger partial charge is 0.349 e. The molecule has 0 saturated carbocycles. The lowest BCUT2D eigenvalue weighted by atomic mass is 9.81. The van der Waals surface area contributed by atoms with Crippen LogP contribution in [0.2, 0.25) is 0 Å². The molecule has 0 spiro atoms. The number of urea groups is 1. The molecule has 2 atom stereocenters. The lowest BCUT2D eigenvalue weighted by molar-refractivity contribution is 0.0340. The fourth-order valence-electron chi connectivity index (χ4n) is 4.92. The van der Waals surface area contributed by atoms with Gasteiger partial charge in [0.2, 0.25) is 0 Å². The van der Waals surface area contributed by atoms with Crippen molar-refractivity contribution in [2.45, 2.75) is 69.5 Å². The highest BCUT2D eigenvalue weighted by Gasteiger charge is 2.42. The smallest absolute Gasteiger partial charge is 0.320 e. The zero-order valence-corrected chi connectivity index (χ0v) is 15.4. The van der Waals surface area contributed by atoms with Gasteiger partial charge in [0.15, 0.2) is 0 Å². The molecule has 1 aromatic carbocycles. The highest BCUT2D eigenvalue weighted by Crippen LogP contribution is 2.35. The van der Waals surface area contributed by atoms with Gasteiger partial charge in [0, 0.05) is 36.8 Å². The second kappa shape index (κ2) is 7.68. The molecular formula is C21H29N3O2. The first-order valence-corrected chi connectivity index (χ1v) is 10.2. The van der Waals surface area contributed by atoms with Crippen molar-refractivity contribution < 1.29 is 9.59 Å². The Balaban J connectivity index is 1.41. The summed E-state index contributed by atoms with van der Waals surface area (Å²) in [6, 6.07) is 10.4. The SMILES string of the molecule is O=C(NC1C[C@H]2CCC[C@H](C1)N2C(=O)N1CCCCC1)c1ccccc1. The van der Waals surface area contributed by atoms with Crippen LogP contribution in [-0.2, 0) is 0 Å². The van der Waals surface area contributed by atoms with Gasteiger partial charge >= 0.3 is 6.03 Å². The molecule has 3 amide bonds. The van der Waals surface area contributed by atoms with Gasteiger partial charge in [0.05, 0.1) is 0 Å². The topological polar surface area (TPSA) is 52.7 Å². The average molecular weight is 355 g/mol. The van der Waals surface area contributed by atoms with Crippen molar-refractivity contribution in [1.29, 1.82) is 0 Å². The van der Waals surface area contributed by atoms with Gasteiger partial charge in [0.25, 0.3) is 5.91 Å². The van der Waals surface area contributed by atoms with Crippen LogP contribution < -0.4 is 5.32 Å². The maximum absolute atomic E-state index is 13.1. The fourth-order valence-corrected chi connectivity index (χ4v) is 4.92. The molecule has 1 N–H and O–H groups in total. The van der Waals surface area contributed by atoms with E-state index in [1.54, 1.807) is 0 Å². The molecule has 2 bridgehead atoms. The van der Waals surface area contributed by atoms with E-state index in [2.05, 4.69) is 15.1 Å². The van der Waals surface area contributed by atoms with Crippen LogP contribution in [0.4, 0.5) is 4.79 Å². The third kappa shape index (κ3) is 3.57. The Labute approximate surface area is 155 Å². The van der Waals surface area contributed by atoms with E-state index in [4.69, 9.17) is 0 Å². The van der Waals surface area contributed by atoms with E-state index in [9.17, 15) is 9.59 Å². The Morgan fingerprint density at radius 2 is 1.54 bits per heavy atom. The van der Waals surface area contributed by atoms with Crippen LogP contribution in [-0.4, -0.2) is 53.0 Å². The summed E-state index contributed by atoms with van der Waals surface area (Å²) in [5.74, 6) is 0.00415. The second-order valence-corrected chi connectivity index (χ2v) is 7.98. The molecule has 140 valence electrons. The van der Waals surface area contributed by atoms with Crippen LogP contribution in [0.1, 0.15) is 61.7 Å². The number of hydrogen-bond donors (Lipinski definition) is 1. The molecule has 3 saturated heterocycles. The number of fused-ring (bicyclic) bond motifs is 2. The van der Waals surface area contributed by atoms with Gasteiger partial charge in [-0.05, 0) is 63.5 Å². The van der Waals surface area contributed by atoms with Gasteiger partial charge in [-0.25, -0.2) is 4.79 Å². The van der Waals surface area contributed by atoms with E-state index < -0.39 is 0 Å². The first-order chi connectivity index (χ1) is 12.7. The molecule has 3 fully saturated rings. The summed E-state index contributed by atoms with van der Waals surface area (Å²) < 4.78 is 0. The zero-order chi connectivity index (χ0) is 17.9. The molecule has 5 heteroatoms. The number of nitrogens with zero attached hydrogens (tertiary/aromatic N) is 2. The zero-order valence-electron chi connectivity index (χ0n) is 15.4. The van der Waals surface area contributed by atoms with Crippen LogP contribution in [0.5, 0.6) is 0 Å². The molecule has 4 rings (SSSR count). The van der Waals surface area contributed by atoms with E-state index in [1.807, 2.05) is 30.3 Å². The molecule has 0 unspecified atom stereocenters. The first kappa shape index (κ1) is 17.4. The number of benzene rings is 1.